The van der Waals surface area contributed by atoms with E-state index in [-0.39, 0.29) is 0 Å². The SMILES string of the molecule is C1CCC(C2CCC(N(C3CCCCC3)C3CCC(C4(C5CCCCC5)C5CCCCC5C5CCCCC54)CC3)CC2)CC1. The molecule has 44 heavy (non-hydrogen) atoms. The van der Waals surface area contributed by atoms with E-state index in [2.05, 4.69) is 4.90 Å². The molecule has 8 aliphatic rings. The van der Waals surface area contributed by atoms with Crippen molar-refractivity contribution in [2.24, 2.45) is 52.8 Å². The first kappa shape index (κ1) is 31.2. The molecule has 0 aromatic heterocycles. The molecule has 0 bridgehead atoms. The van der Waals surface area contributed by atoms with Gasteiger partial charge < -0.3 is 0 Å². The van der Waals surface area contributed by atoms with Crippen molar-refractivity contribution >= 4 is 0 Å². The molecule has 1 heteroatoms. The van der Waals surface area contributed by atoms with Crippen molar-refractivity contribution in [3.05, 3.63) is 0 Å². The fourth-order valence-corrected chi connectivity index (χ4v) is 15.6. The zero-order valence-corrected chi connectivity index (χ0v) is 29.2. The highest BCUT2D eigenvalue weighted by atomic mass is 15.2. The van der Waals surface area contributed by atoms with Crippen LogP contribution in [0.2, 0.25) is 0 Å². The average molecular weight is 604 g/mol. The van der Waals surface area contributed by atoms with Crippen LogP contribution in [0.15, 0.2) is 0 Å². The number of hydrogen-bond donors (Lipinski definition) is 0. The maximum atomic E-state index is 3.32. The van der Waals surface area contributed by atoms with E-state index in [0.717, 1.165) is 70.9 Å². The summed E-state index contributed by atoms with van der Waals surface area (Å²) in [7, 11) is 0. The van der Waals surface area contributed by atoms with Crippen molar-refractivity contribution in [1.82, 2.24) is 4.90 Å². The molecular weight excluding hydrogens is 530 g/mol. The minimum Gasteiger partial charge on any atom is -0.294 e. The average Bonchev–Trinajstić information content (AvgIpc) is 3.41. The van der Waals surface area contributed by atoms with Crippen molar-refractivity contribution in [3.63, 3.8) is 0 Å². The first-order chi connectivity index (χ1) is 21.8. The lowest BCUT2D eigenvalue weighted by Gasteiger charge is -2.57. The topological polar surface area (TPSA) is 3.24 Å². The number of nitrogens with zero attached hydrogens (tertiary/aromatic N) is 1. The van der Waals surface area contributed by atoms with Gasteiger partial charge in [0.2, 0.25) is 0 Å². The smallest absolute Gasteiger partial charge is 0.0101 e. The molecule has 0 spiro atoms. The van der Waals surface area contributed by atoms with Crippen LogP contribution in [-0.4, -0.2) is 23.0 Å². The standard InChI is InChI=1S/C43H73N/c1-4-14-32(15-5-1)33-24-28-37(29-25-33)44(36-18-8-3-9-19-36)38-30-26-35(27-31-38)43(34-16-6-2-7-17-34)41-22-12-10-20-39(41)40-21-11-13-23-42(40)43/h32-42H,1-31H2. The van der Waals surface area contributed by atoms with Crippen molar-refractivity contribution in [1.29, 1.82) is 0 Å². The second kappa shape index (κ2) is 14.2. The summed E-state index contributed by atoms with van der Waals surface area (Å²) >= 11 is 0. The molecular formula is C43H73N. The molecule has 0 radical (unpaired) electrons. The number of fused-ring (bicyclic) bond motifs is 3. The van der Waals surface area contributed by atoms with Crippen LogP contribution in [-0.2, 0) is 0 Å². The van der Waals surface area contributed by atoms with E-state index in [1.807, 2.05) is 0 Å². The van der Waals surface area contributed by atoms with Gasteiger partial charge in [0.1, 0.15) is 0 Å². The Morgan fingerprint density at radius 2 is 0.682 bits per heavy atom. The van der Waals surface area contributed by atoms with Gasteiger partial charge in [0.15, 0.2) is 0 Å². The molecule has 8 saturated carbocycles. The Morgan fingerprint density at radius 1 is 0.295 bits per heavy atom. The Hall–Kier alpha value is -0.0400. The summed E-state index contributed by atoms with van der Waals surface area (Å²) < 4.78 is 0. The lowest BCUT2D eigenvalue weighted by molar-refractivity contribution is -0.0870. The molecule has 250 valence electrons. The van der Waals surface area contributed by atoms with Gasteiger partial charge in [-0.2, -0.15) is 0 Å². The Bertz CT molecular complexity index is 853. The maximum Gasteiger partial charge on any atom is 0.0101 e. The third kappa shape index (κ3) is 5.82. The summed E-state index contributed by atoms with van der Waals surface area (Å²) in [6.07, 6.45) is 48.7. The Labute approximate surface area is 274 Å². The van der Waals surface area contributed by atoms with Gasteiger partial charge in [-0.1, -0.05) is 96.3 Å². The van der Waals surface area contributed by atoms with Gasteiger partial charge in [0.25, 0.3) is 0 Å². The molecule has 0 aromatic rings. The van der Waals surface area contributed by atoms with Crippen LogP contribution >= 0.6 is 0 Å². The van der Waals surface area contributed by atoms with E-state index in [9.17, 15) is 0 Å². The third-order valence-electron chi connectivity index (χ3n) is 17.1. The second-order valence-electron chi connectivity index (χ2n) is 18.7. The van der Waals surface area contributed by atoms with Crippen LogP contribution < -0.4 is 0 Å². The van der Waals surface area contributed by atoms with E-state index in [4.69, 9.17) is 0 Å². The molecule has 4 atom stereocenters. The van der Waals surface area contributed by atoms with Crippen LogP contribution in [0.3, 0.4) is 0 Å². The molecule has 0 aliphatic heterocycles. The summed E-state index contributed by atoms with van der Waals surface area (Å²) in [5.74, 6) is 8.87. The normalized spacial score (nSPS) is 45.2. The Morgan fingerprint density at radius 3 is 1.25 bits per heavy atom. The summed E-state index contributed by atoms with van der Waals surface area (Å²) in [4.78, 5) is 3.32. The van der Waals surface area contributed by atoms with Gasteiger partial charge >= 0.3 is 0 Å². The molecule has 0 aromatic carbocycles. The van der Waals surface area contributed by atoms with Gasteiger partial charge in [-0.3, -0.25) is 4.90 Å². The molecule has 0 N–H and O–H groups in total. The van der Waals surface area contributed by atoms with Gasteiger partial charge in [-0.25, -0.2) is 0 Å². The molecule has 8 aliphatic carbocycles. The molecule has 8 fully saturated rings. The first-order valence-corrected chi connectivity index (χ1v) is 21.6. The molecule has 8 rings (SSSR count). The first-order valence-electron chi connectivity index (χ1n) is 21.6. The lowest BCUT2D eigenvalue weighted by atomic mass is 9.48. The summed E-state index contributed by atoms with van der Waals surface area (Å²) in [6.45, 7) is 0. The highest BCUT2D eigenvalue weighted by molar-refractivity contribution is 5.13. The highest BCUT2D eigenvalue weighted by Gasteiger charge is 2.65. The van der Waals surface area contributed by atoms with Crippen molar-refractivity contribution in [2.75, 3.05) is 0 Å². The van der Waals surface area contributed by atoms with E-state index in [1.54, 1.807) is 148 Å². The quantitative estimate of drug-likeness (QED) is 0.292. The highest BCUT2D eigenvalue weighted by Crippen LogP contribution is 2.71. The molecule has 4 unspecified atom stereocenters. The van der Waals surface area contributed by atoms with Crippen molar-refractivity contribution < 1.29 is 0 Å². The second-order valence-corrected chi connectivity index (χ2v) is 18.7. The van der Waals surface area contributed by atoms with Crippen LogP contribution in [0, 0.1) is 52.8 Å². The van der Waals surface area contributed by atoms with E-state index < -0.39 is 0 Å². The monoisotopic (exact) mass is 604 g/mol. The third-order valence-corrected chi connectivity index (χ3v) is 17.1. The van der Waals surface area contributed by atoms with E-state index in [0.29, 0.717) is 0 Å². The fourth-order valence-electron chi connectivity index (χ4n) is 15.6. The van der Waals surface area contributed by atoms with Gasteiger partial charge in [0.05, 0.1) is 0 Å². The van der Waals surface area contributed by atoms with Gasteiger partial charge in [-0.05, 0) is 155 Å². The fraction of sp³-hybridized carbons (Fsp3) is 1.00. The van der Waals surface area contributed by atoms with Crippen LogP contribution in [0.25, 0.3) is 0 Å². The van der Waals surface area contributed by atoms with Crippen LogP contribution in [0.1, 0.15) is 199 Å². The van der Waals surface area contributed by atoms with Crippen molar-refractivity contribution in [3.8, 4) is 0 Å². The summed E-state index contributed by atoms with van der Waals surface area (Å²) in [6, 6.07) is 2.80. The molecule has 0 heterocycles. The Kier molecular flexibility index (Phi) is 10.1. The minimum atomic E-state index is 0.759. The number of hydrogen-bond acceptors (Lipinski definition) is 1. The molecule has 1 nitrogen and oxygen atoms in total. The van der Waals surface area contributed by atoms with E-state index in [1.165, 1.54) is 51.4 Å². The van der Waals surface area contributed by atoms with Gasteiger partial charge in [-0.15, -0.1) is 0 Å². The molecule has 0 amide bonds. The lowest BCUT2D eigenvalue weighted by Crippen LogP contribution is -2.55. The maximum absolute atomic E-state index is 3.32. The zero-order chi connectivity index (χ0) is 29.3. The predicted octanol–water partition coefficient (Wildman–Crippen LogP) is 12.5. The van der Waals surface area contributed by atoms with Crippen LogP contribution in [0.4, 0.5) is 0 Å². The molecule has 0 saturated heterocycles. The minimum absolute atomic E-state index is 0.759. The predicted molar refractivity (Wildman–Crippen MR) is 187 cm³/mol. The largest absolute Gasteiger partial charge is 0.294 e. The van der Waals surface area contributed by atoms with Gasteiger partial charge in [0, 0.05) is 18.1 Å². The number of rotatable bonds is 6. The Balaban J connectivity index is 1.01. The van der Waals surface area contributed by atoms with Crippen molar-refractivity contribution in [2.45, 2.75) is 217 Å². The summed E-state index contributed by atoms with van der Waals surface area (Å²) in [5.41, 5.74) is 0.759. The summed E-state index contributed by atoms with van der Waals surface area (Å²) in [5, 5.41) is 0. The zero-order valence-electron chi connectivity index (χ0n) is 29.2. The van der Waals surface area contributed by atoms with Crippen LogP contribution in [0.5, 0.6) is 0 Å². The van der Waals surface area contributed by atoms with E-state index >= 15 is 0 Å².